The second-order valence-corrected chi connectivity index (χ2v) is 5.47. The van der Waals surface area contributed by atoms with Crippen molar-refractivity contribution in [2.45, 2.75) is 45.6 Å². The molecule has 1 unspecified atom stereocenters. The Labute approximate surface area is 119 Å². The molecule has 1 aromatic rings. The van der Waals surface area contributed by atoms with Crippen LogP contribution in [-0.2, 0) is 0 Å². The average Bonchev–Trinajstić information content (AvgIpc) is 2.41. The van der Waals surface area contributed by atoms with E-state index in [1.54, 1.807) is 6.07 Å². The largest absolute Gasteiger partial charge is 0.487 e. The van der Waals surface area contributed by atoms with E-state index in [0.29, 0.717) is 18.4 Å². The molecule has 1 aliphatic heterocycles. The fourth-order valence-electron chi connectivity index (χ4n) is 2.73. The molecule has 1 saturated heterocycles. The molecule has 2 rings (SSSR count). The second-order valence-electron chi connectivity index (χ2n) is 5.47. The molecule has 1 fully saturated rings. The molecule has 0 spiro atoms. The van der Waals surface area contributed by atoms with Gasteiger partial charge in [0.25, 0.3) is 0 Å². The first-order chi connectivity index (χ1) is 9.58. The maximum atomic E-state index is 11.1. The van der Waals surface area contributed by atoms with Crippen LogP contribution in [0.4, 0.5) is 5.69 Å². The monoisotopic (exact) mass is 278 g/mol. The zero-order valence-corrected chi connectivity index (χ0v) is 12.1. The van der Waals surface area contributed by atoms with E-state index in [1.807, 2.05) is 19.9 Å². The molecule has 1 heterocycles. The summed E-state index contributed by atoms with van der Waals surface area (Å²) in [4.78, 5) is 10.7. The molecular weight excluding hydrogens is 256 g/mol. The summed E-state index contributed by atoms with van der Waals surface area (Å²) in [5.74, 6) is 0.413. The van der Waals surface area contributed by atoms with E-state index in [4.69, 9.17) is 4.74 Å². The lowest BCUT2D eigenvalue weighted by Crippen LogP contribution is -2.35. The average molecular weight is 278 g/mol. The summed E-state index contributed by atoms with van der Waals surface area (Å²) in [6, 6.07) is 3.97. The van der Waals surface area contributed by atoms with Crippen LogP contribution in [0.2, 0.25) is 0 Å². The van der Waals surface area contributed by atoms with Gasteiger partial charge in [0.15, 0.2) is 5.75 Å². The first-order valence-electron chi connectivity index (χ1n) is 7.19. The molecule has 5 nitrogen and oxygen atoms in total. The SMILES string of the molecule is Cc1cc(C)c(OCCC2CCCCN2)c([N+](=O)[O-])c1. The topological polar surface area (TPSA) is 64.4 Å². The van der Waals surface area contributed by atoms with Gasteiger partial charge in [-0.15, -0.1) is 0 Å². The van der Waals surface area contributed by atoms with E-state index in [1.165, 1.54) is 19.3 Å². The van der Waals surface area contributed by atoms with Crippen molar-refractivity contribution in [2.24, 2.45) is 0 Å². The number of hydrogen-bond acceptors (Lipinski definition) is 4. The summed E-state index contributed by atoms with van der Waals surface area (Å²) in [5, 5.41) is 14.6. The van der Waals surface area contributed by atoms with Crippen molar-refractivity contribution in [1.29, 1.82) is 0 Å². The molecule has 0 bridgehead atoms. The lowest BCUT2D eigenvalue weighted by molar-refractivity contribution is -0.386. The molecule has 1 aliphatic rings. The van der Waals surface area contributed by atoms with Crippen LogP contribution in [0.5, 0.6) is 5.75 Å². The number of hydrogen-bond donors (Lipinski definition) is 1. The van der Waals surface area contributed by atoms with E-state index in [-0.39, 0.29) is 10.6 Å². The van der Waals surface area contributed by atoms with Gasteiger partial charge in [0, 0.05) is 12.1 Å². The van der Waals surface area contributed by atoms with Crippen LogP contribution >= 0.6 is 0 Å². The number of nitro groups is 1. The highest BCUT2D eigenvalue weighted by Crippen LogP contribution is 2.32. The van der Waals surface area contributed by atoms with Gasteiger partial charge in [-0.25, -0.2) is 0 Å². The molecule has 0 aliphatic carbocycles. The molecule has 1 atom stereocenters. The number of benzene rings is 1. The van der Waals surface area contributed by atoms with E-state index in [2.05, 4.69) is 5.32 Å². The van der Waals surface area contributed by atoms with Crippen molar-refractivity contribution < 1.29 is 9.66 Å². The van der Waals surface area contributed by atoms with Crippen LogP contribution in [0.15, 0.2) is 12.1 Å². The predicted molar refractivity (Wildman–Crippen MR) is 78.3 cm³/mol. The molecule has 0 aromatic heterocycles. The van der Waals surface area contributed by atoms with Crippen molar-refractivity contribution in [3.05, 3.63) is 33.4 Å². The summed E-state index contributed by atoms with van der Waals surface area (Å²) >= 11 is 0. The predicted octanol–water partition coefficient (Wildman–Crippen LogP) is 3.12. The van der Waals surface area contributed by atoms with E-state index >= 15 is 0 Å². The number of nitro benzene ring substituents is 1. The third-order valence-electron chi connectivity index (χ3n) is 3.72. The molecule has 0 radical (unpaired) electrons. The second kappa shape index (κ2) is 6.70. The smallest absolute Gasteiger partial charge is 0.311 e. The number of rotatable bonds is 5. The fourth-order valence-corrected chi connectivity index (χ4v) is 2.73. The first-order valence-corrected chi connectivity index (χ1v) is 7.19. The van der Waals surface area contributed by atoms with Crippen LogP contribution < -0.4 is 10.1 Å². The maximum absolute atomic E-state index is 11.1. The van der Waals surface area contributed by atoms with Crippen LogP contribution in [0.3, 0.4) is 0 Å². The van der Waals surface area contributed by atoms with Crippen molar-refractivity contribution in [1.82, 2.24) is 5.32 Å². The number of nitrogens with zero attached hydrogens (tertiary/aromatic N) is 1. The Hall–Kier alpha value is -1.62. The van der Waals surface area contributed by atoms with E-state index < -0.39 is 0 Å². The highest BCUT2D eigenvalue weighted by atomic mass is 16.6. The van der Waals surface area contributed by atoms with Gasteiger partial charge in [-0.05, 0) is 50.8 Å². The zero-order valence-electron chi connectivity index (χ0n) is 12.1. The van der Waals surface area contributed by atoms with Gasteiger partial charge < -0.3 is 10.1 Å². The van der Waals surface area contributed by atoms with E-state index in [9.17, 15) is 10.1 Å². The Morgan fingerprint density at radius 1 is 1.40 bits per heavy atom. The van der Waals surface area contributed by atoms with Gasteiger partial charge in [0.05, 0.1) is 11.5 Å². The van der Waals surface area contributed by atoms with Gasteiger partial charge in [-0.3, -0.25) is 10.1 Å². The zero-order chi connectivity index (χ0) is 14.5. The minimum absolute atomic E-state index is 0.0686. The molecule has 20 heavy (non-hydrogen) atoms. The third-order valence-corrected chi connectivity index (χ3v) is 3.72. The quantitative estimate of drug-likeness (QED) is 0.664. The summed E-state index contributed by atoms with van der Waals surface area (Å²) in [5.41, 5.74) is 1.78. The molecule has 1 aromatic carbocycles. The first kappa shape index (κ1) is 14.8. The molecule has 0 saturated carbocycles. The minimum atomic E-state index is -0.367. The highest BCUT2D eigenvalue weighted by Gasteiger charge is 2.19. The molecule has 1 N–H and O–H groups in total. The molecular formula is C15H22N2O3. The molecule has 5 heteroatoms. The number of ether oxygens (including phenoxy) is 1. The number of aryl methyl sites for hydroxylation is 2. The number of nitrogens with one attached hydrogen (secondary N) is 1. The third kappa shape index (κ3) is 3.70. The van der Waals surface area contributed by atoms with Gasteiger partial charge in [0.2, 0.25) is 0 Å². The van der Waals surface area contributed by atoms with Crippen molar-refractivity contribution in [3.63, 3.8) is 0 Å². The Bertz CT molecular complexity index is 482. The van der Waals surface area contributed by atoms with Crippen LogP contribution in [0.1, 0.15) is 36.8 Å². The maximum Gasteiger partial charge on any atom is 0.311 e. The highest BCUT2D eigenvalue weighted by molar-refractivity contribution is 5.53. The normalized spacial score (nSPS) is 18.8. The number of piperidine rings is 1. The Morgan fingerprint density at radius 3 is 2.85 bits per heavy atom. The van der Waals surface area contributed by atoms with Crippen molar-refractivity contribution in [3.8, 4) is 5.75 Å². The Morgan fingerprint density at radius 2 is 2.20 bits per heavy atom. The van der Waals surface area contributed by atoms with Crippen molar-refractivity contribution in [2.75, 3.05) is 13.2 Å². The molecule has 0 amide bonds. The van der Waals surface area contributed by atoms with Crippen LogP contribution in [0.25, 0.3) is 0 Å². The van der Waals surface area contributed by atoms with Crippen LogP contribution in [-0.4, -0.2) is 24.1 Å². The summed E-state index contributed by atoms with van der Waals surface area (Å²) in [6.45, 7) is 5.29. The van der Waals surface area contributed by atoms with Gasteiger partial charge in [-0.2, -0.15) is 0 Å². The Kier molecular flexibility index (Phi) is 4.95. The summed E-state index contributed by atoms with van der Waals surface area (Å²) in [7, 11) is 0. The fraction of sp³-hybridized carbons (Fsp3) is 0.600. The summed E-state index contributed by atoms with van der Waals surface area (Å²) in [6.07, 6.45) is 4.55. The van der Waals surface area contributed by atoms with Crippen molar-refractivity contribution >= 4 is 5.69 Å². The minimum Gasteiger partial charge on any atom is -0.487 e. The Balaban J connectivity index is 1.99. The molecule has 110 valence electrons. The lowest BCUT2D eigenvalue weighted by atomic mass is 10.0. The van der Waals surface area contributed by atoms with Crippen LogP contribution in [0, 0.1) is 24.0 Å². The van der Waals surface area contributed by atoms with Gasteiger partial charge >= 0.3 is 5.69 Å². The van der Waals surface area contributed by atoms with E-state index in [0.717, 1.165) is 24.1 Å². The van der Waals surface area contributed by atoms with Gasteiger partial charge in [0.1, 0.15) is 0 Å². The summed E-state index contributed by atoms with van der Waals surface area (Å²) < 4.78 is 5.71. The lowest BCUT2D eigenvalue weighted by Gasteiger charge is -2.23. The van der Waals surface area contributed by atoms with Gasteiger partial charge in [-0.1, -0.05) is 12.5 Å². The standard InChI is InChI=1S/C15H22N2O3/c1-11-9-12(2)15(14(10-11)17(18)19)20-8-6-13-5-3-4-7-16-13/h9-10,13,16H,3-8H2,1-2H3.